The number of aromatic nitrogens is 12. The predicted molar refractivity (Wildman–Crippen MR) is 563 cm³/mol. The number of benzene rings is 5. The van der Waals surface area contributed by atoms with E-state index in [1.54, 1.807) is 47.3 Å². The monoisotopic (exact) mass is 2000 g/mol. The second-order valence-electron chi connectivity index (χ2n) is 39.8. The van der Waals surface area contributed by atoms with Crippen molar-refractivity contribution in [2.24, 2.45) is 21.1 Å². The quantitative estimate of drug-likeness (QED) is 0.0645. The molecule has 756 valence electrons. The molecule has 0 radical (unpaired) electrons. The van der Waals surface area contributed by atoms with Crippen LogP contribution < -0.4 is 19.4 Å². The van der Waals surface area contributed by atoms with Crippen molar-refractivity contribution >= 4 is 123 Å². The first-order valence-corrected chi connectivity index (χ1v) is 53.2. The number of hydrogen-bond acceptors (Lipinski definition) is 28. The van der Waals surface area contributed by atoms with Gasteiger partial charge in [-0.05, 0) is 198 Å². The van der Waals surface area contributed by atoms with Gasteiger partial charge in [-0.1, -0.05) is 76.1 Å². The molecule has 10 aromatic heterocycles. The van der Waals surface area contributed by atoms with Gasteiger partial charge in [-0.25, -0.2) is 4.98 Å². The number of carbonyl (C=O) groups excluding carboxylic acids is 5. The molecule has 0 saturated carbocycles. The van der Waals surface area contributed by atoms with Crippen LogP contribution in [0.2, 0.25) is 0 Å². The molecule has 5 aromatic carbocycles. The van der Waals surface area contributed by atoms with Crippen LogP contribution in [0.3, 0.4) is 0 Å². The maximum absolute atomic E-state index is 12.9. The number of ether oxygens (including phenoxy) is 1. The highest BCUT2D eigenvalue weighted by Gasteiger charge is 2.37. The zero-order chi connectivity index (χ0) is 99.1. The third-order valence-corrected chi connectivity index (χ3v) is 32.7. The fraction of sp³-hybridized carbons (Fsp3) is 0.450. The number of piperidine rings is 2. The minimum Gasteiger partial charge on any atom is -0.481 e. The minimum atomic E-state index is 0.0824. The number of para-hydroxylation sites is 3. The number of pyridine rings is 2. The van der Waals surface area contributed by atoms with Crippen LogP contribution in [-0.2, 0) is 53.2 Å². The number of fused-ring (bicyclic) bond motifs is 10. The summed E-state index contributed by atoms with van der Waals surface area (Å²) in [6.07, 6.45) is 17.1. The highest BCUT2D eigenvalue weighted by molar-refractivity contribution is 7.14. The summed E-state index contributed by atoms with van der Waals surface area (Å²) in [7, 11) is 7.42. The van der Waals surface area contributed by atoms with Gasteiger partial charge in [0.05, 0.1) is 72.5 Å². The van der Waals surface area contributed by atoms with Crippen molar-refractivity contribution in [3.05, 3.63) is 243 Å². The van der Waals surface area contributed by atoms with Gasteiger partial charge in [0, 0.05) is 292 Å². The largest absolute Gasteiger partial charge is 0.481 e. The van der Waals surface area contributed by atoms with Crippen molar-refractivity contribution in [1.82, 2.24) is 107 Å². The van der Waals surface area contributed by atoms with E-state index in [2.05, 4.69) is 161 Å². The minimum absolute atomic E-state index is 0.0824. The second-order valence-corrected chi connectivity index (χ2v) is 41.4. The number of nitrogens with zero attached hydrogens (tertiary/aromatic N) is 25. The van der Waals surface area contributed by atoms with Crippen LogP contribution in [0.25, 0.3) is 53.1 Å². The number of anilines is 3. The van der Waals surface area contributed by atoms with E-state index in [1.165, 1.54) is 25.9 Å². The van der Waals surface area contributed by atoms with Gasteiger partial charge >= 0.3 is 0 Å². The fourth-order valence-corrected chi connectivity index (χ4v) is 24.0. The molecule has 145 heavy (non-hydrogen) atoms. The molecule has 15 aromatic rings. The molecule has 5 saturated heterocycles. The molecule has 10 aliphatic rings. The van der Waals surface area contributed by atoms with Crippen LogP contribution in [0.4, 0.5) is 17.5 Å². The molecule has 0 bridgehead atoms. The summed E-state index contributed by atoms with van der Waals surface area (Å²) in [5, 5.41) is 27.7. The Morgan fingerprint density at radius 1 is 0.379 bits per heavy atom. The molecule has 20 heterocycles. The van der Waals surface area contributed by atoms with E-state index in [4.69, 9.17) is 18.3 Å². The van der Waals surface area contributed by atoms with E-state index < -0.39 is 0 Å². The van der Waals surface area contributed by atoms with Crippen LogP contribution >= 0.6 is 23.1 Å². The van der Waals surface area contributed by atoms with Gasteiger partial charge < -0.3 is 71.9 Å². The lowest BCUT2D eigenvalue weighted by atomic mass is 9.91. The number of methoxy groups -OCH3 is 1. The van der Waals surface area contributed by atoms with Crippen molar-refractivity contribution in [1.29, 1.82) is 0 Å². The molecule has 0 spiro atoms. The number of aryl methyl sites for hydroxylation is 4. The summed E-state index contributed by atoms with van der Waals surface area (Å²) in [6.45, 7) is 32.2. The molecular formula is C109H129N25O9S2. The van der Waals surface area contributed by atoms with Crippen LogP contribution in [0.1, 0.15) is 147 Å². The van der Waals surface area contributed by atoms with Gasteiger partial charge in [0.25, 0.3) is 29.5 Å². The highest BCUT2D eigenvalue weighted by atomic mass is 32.1. The molecule has 5 fully saturated rings. The summed E-state index contributed by atoms with van der Waals surface area (Å²) in [4.78, 5) is 102. The van der Waals surface area contributed by atoms with Gasteiger partial charge in [-0.3, -0.25) is 53.0 Å². The zero-order valence-electron chi connectivity index (χ0n) is 83.9. The van der Waals surface area contributed by atoms with E-state index in [-0.39, 0.29) is 29.5 Å². The van der Waals surface area contributed by atoms with Gasteiger partial charge in [-0.15, -0.1) is 0 Å². The molecule has 25 rings (SSSR count). The maximum Gasteiger partial charge on any atom is 0.257 e. The van der Waals surface area contributed by atoms with Crippen molar-refractivity contribution in [2.75, 3.05) is 225 Å². The third-order valence-electron chi connectivity index (χ3n) is 31.0. The number of rotatable bonds is 21. The normalized spacial score (nSPS) is 18.2. The van der Waals surface area contributed by atoms with Crippen LogP contribution in [-0.4, -0.2) is 347 Å². The Balaban J connectivity index is 0.000000107. The van der Waals surface area contributed by atoms with E-state index in [0.29, 0.717) is 23.3 Å². The summed E-state index contributed by atoms with van der Waals surface area (Å²) in [6, 6.07) is 47.0. The van der Waals surface area contributed by atoms with Crippen molar-refractivity contribution < 1.29 is 42.3 Å². The molecule has 0 unspecified atom stereocenters. The van der Waals surface area contributed by atoms with E-state index in [9.17, 15) is 24.0 Å². The molecule has 0 atom stereocenters. The Morgan fingerprint density at radius 3 is 1.31 bits per heavy atom. The van der Waals surface area contributed by atoms with Crippen LogP contribution in [0.15, 0.2) is 178 Å². The lowest BCUT2D eigenvalue weighted by molar-refractivity contribution is 0.0703. The summed E-state index contributed by atoms with van der Waals surface area (Å²) in [5.41, 5.74) is 15.9. The first kappa shape index (κ1) is 97.7. The Labute approximate surface area is 852 Å². The Hall–Kier alpha value is -13.4. The molecule has 0 aliphatic carbocycles. The Morgan fingerprint density at radius 2 is 0.793 bits per heavy atom. The highest BCUT2D eigenvalue weighted by Crippen LogP contribution is 2.38. The Bertz CT molecular complexity index is 7090. The lowest BCUT2D eigenvalue weighted by Gasteiger charge is -2.36. The molecule has 10 aliphatic heterocycles. The summed E-state index contributed by atoms with van der Waals surface area (Å²) >= 11 is 3.15. The standard InChI is InChI=1S/C23H28N4O2.C22H25N5O2S.C22H27N5O2.C22H25N5O2.C20H24N6OS/c1-25-12-10-18-20(25)6-4-11-27(23(18)28)16-15-26-13-8-17(9-14-26)22-19-5-2-3-7-21(19)29-24-22;1-29-20-14-16-6-7-27(22(28)18(16)15-23-20)13-10-25-8-11-26(12-9-25)21-17-4-2-3-5-19(17)30-24-21;1-15-20-18(23-25(15)2)9-12-27(22(20)28)14-13-26-10-7-16(8-11-26)21-17-5-3-4-6-19(17)29-24-21;1-16-14-17-6-7-27(22(28)19(17)15-23-16)13-10-25-8-11-26(12-9-25)21-18-4-2-3-5-20(18)29-24-21;1-23-14-16-17(21-23)6-7-26(20(16)27)13-10-24-8-11-25(12-9-24)19-15-4-2-3-5-18(15)28-22-19/h2-3,5,7,10,12,17H,4,6,8-9,11,13-16H2,1H3;2-5,14-15H,6-13H2,1H3;3-6,16H,7-14H2,1-2H3;2-5,14-15H,6-13H2,1H3;2-5,14H,6-13H2,1H3. The summed E-state index contributed by atoms with van der Waals surface area (Å²) in [5.74, 6) is 5.31. The van der Waals surface area contributed by atoms with Gasteiger partial charge in [-0.2, -0.15) is 18.9 Å². The molecular weight excluding hydrogens is 1870 g/mol. The smallest absolute Gasteiger partial charge is 0.257 e. The van der Waals surface area contributed by atoms with E-state index in [1.807, 2.05) is 143 Å². The van der Waals surface area contributed by atoms with Gasteiger partial charge in [0.2, 0.25) is 5.88 Å². The fourth-order valence-electron chi connectivity index (χ4n) is 22.4. The summed E-state index contributed by atoms with van der Waals surface area (Å²) < 4.78 is 39.1. The third kappa shape index (κ3) is 21.6. The Kier molecular flexibility index (Phi) is 29.8. The molecule has 5 amide bonds. The first-order valence-electron chi connectivity index (χ1n) is 51.7. The predicted octanol–water partition coefficient (Wildman–Crippen LogP) is 12.9. The van der Waals surface area contributed by atoms with Gasteiger partial charge in [0.1, 0.15) is 11.6 Å². The number of likely N-dealkylation sites (tertiary alicyclic amines) is 2. The second kappa shape index (κ2) is 44.3. The SMILES string of the molecule is COc1cc2c(cn1)C(=O)N(CCN1CCN(c3nsc4ccccc34)CC1)CC2.Cc1c2c(nn1C)CCN(CCN1CCC(c3noc4ccccc34)CC1)C2=O.Cc1cc2c(cn1)C(=O)N(CCN1CCN(c3noc4ccccc34)CC1)CC2.Cn1cc2c(n1)CCN(CCN1CCN(c3nsc4ccccc34)CC1)C2=O.Cn1ccc2c1CCCN(CCN1CCC(c3noc4ccccc34)CC1)C2=O. The van der Waals surface area contributed by atoms with Gasteiger partial charge in [0.15, 0.2) is 22.6 Å². The molecule has 34 nitrogen and oxygen atoms in total. The number of hydrogen-bond donors (Lipinski definition) is 0. The molecule has 0 N–H and O–H groups in total. The van der Waals surface area contributed by atoms with Crippen LogP contribution in [0, 0.1) is 13.8 Å². The maximum atomic E-state index is 12.9. The number of amides is 5. The van der Waals surface area contributed by atoms with Crippen molar-refractivity contribution in [2.45, 2.75) is 89.9 Å². The van der Waals surface area contributed by atoms with Crippen molar-refractivity contribution in [3.63, 3.8) is 0 Å². The van der Waals surface area contributed by atoms with Crippen molar-refractivity contribution in [3.8, 4) is 5.88 Å². The lowest BCUT2D eigenvalue weighted by Crippen LogP contribution is -2.50. The average Bonchev–Trinajstić information content (AvgIpc) is 1.58. The van der Waals surface area contributed by atoms with Crippen LogP contribution in [0.5, 0.6) is 5.88 Å². The molecule has 36 heteroatoms. The average molecular weight is 2000 g/mol. The number of carbonyl (C=O) groups is 5. The zero-order valence-corrected chi connectivity index (χ0v) is 85.5. The van der Waals surface area contributed by atoms with E-state index >= 15 is 0 Å². The van der Waals surface area contributed by atoms with E-state index in [0.717, 1.165) is 385 Å². The number of piperazine rings is 3. The topological polar surface area (TPSA) is 307 Å². The first-order chi connectivity index (χ1) is 70.9.